The molecule has 1 saturated heterocycles. The Labute approximate surface area is 499 Å². The van der Waals surface area contributed by atoms with Crippen LogP contribution in [0.2, 0.25) is 0 Å². The van der Waals surface area contributed by atoms with Crippen LogP contribution < -0.4 is 26.6 Å². The Morgan fingerprint density at radius 3 is 2.13 bits per heavy atom. The molecule has 0 saturated carbocycles. The normalized spacial score (nSPS) is 18.6. The van der Waals surface area contributed by atoms with Crippen molar-refractivity contribution in [3.63, 3.8) is 0 Å². The van der Waals surface area contributed by atoms with Gasteiger partial charge in [0, 0.05) is 80.6 Å². The number of thiazole rings is 1. The summed E-state index contributed by atoms with van der Waals surface area (Å²) in [4.78, 5) is 138. The first-order valence-electron chi connectivity index (χ1n) is 29.2. The van der Waals surface area contributed by atoms with Crippen LogP contribution in [0.15, 0.2) is 72.1 Å². The van der Waals surface area contributed by atoms with Crippen LogP contribution in [0, 0.1) is 17.8 Å². The number of piperidine rings is 1. The van der Waals surface area contributed by atoms with Gasteiger partial charge in [0.15, 0.2) is 12.1 Å². The Kier molecular flexibility index (Phi) is 26.2. The minimum absolute atomic E-state index is 0.0707. The van der Waals surface area contributed by atoms with Crippen molar-refractivity contribution in [1.82, 2.24) is 36.1 Å². The van der Waals surface area contributed by atoms with Crippen LogP contribution in [0.5, 0.6) is 0 Å². The molecule has 0 radical (unpaired) electrons. The van der Waals surface area contributed by atoms with Crippen molar-refractivity contribution in [2.24, 2.45) is 17.8 Å². The molecule has 0 spiro atoms. The molecule has 1 fully saturated rings. The molecule has 10 atom stereocenters. The maximum atomic E-state index is 14.6. The maximum Gasteiger partial charge on any atom is 0.306 e. The molecule has 458 valence electrons. The highest BCUT2D eigenvalue weighted by Gasteiger charge is 2.43. The molecular weight excluding hydrogens is 1110 g/mol. The van der Waals surface area contributed by atoms with Gasteiger partial charge >= 0.3 is 11.9 Å². The first-order chi connectivity index (χ1) is 39.8. The topological polar surface area (TPSA) is 280 Å². The highest BCUT2D eigenvalue weighted by Crippen LogP contribution is 2.33. The first-order valence-corrected chi connectivity index (χ1v) is 31.3. The summed E-state index contributed by atoms with van der Waals surface area (Å²) in [6.45, 7) is 15.4. The van der Waals surface area contributed by atoms with Crippen LogP contribution in [0.1, 0.15) is 146 Å². The molecule has 21 nitrogen and oxygen atoms in total. The van der Waals surface area contributed by atoms with Gasteiger partial charge in [-0.25, -0.2) is 4.98 Å². The number of aliphatic carboxylic acids is 1. The molecule has 2 unspecified atom stereocenters. The third kappa shape index (κ3) is 20.1. The number of hydrogen-bond acceptors (Lipinski definition) is 13. The lowest BCUT2D eigenvalue weighted by Crippen LogP contribution is -2.62. The van der Waals surface area contributed by atoms with Gasteiger partial charge in [0.25, 0.3) is 23.6 Å². The van der Waals surface area contributed by atoms with Gasteiger partial charge in [0.05, 0.1) is 19.5 Å². The second kappa shape index (κ2) is 32.4. The number of carbonyl (C=O) groups is 10. The minimum atomic E-state index is -0.972. The lowest BCUT2D eigenvalue weighted by atomic mass is 9.96. The number of amides is 8. The van der Waals surface area contributed by atoms with E-state index in [-0.39, 0.29) is 81.5 Å². The quantitative estimate of drug-likeness (QED) is 0.0129. The molecule has 0 bridgehead atoms. The van der Waals surface area contributed by atoms with Crippen molar-refractivity contribution < 1.29 is 62.3 Å². The Hall–Kier alpha value is -6.90. The third-order valence-electron chi connectivity index (χ3n) is 15.5. The summed E-state index contributed by atoms with van der Waals surface area (Å²) in [5.41, 5.74) is 2.45. The van der Waals surface area contributed by atoms with Crippen LogP contribution in [-0.2, 0) is 60.9 Å². The van der Waals surface area contributed by atoms with E-state index < -0.39 is 77.7 Å². The van der Waals surface area contributed by atoms with Crippen molar-refractivity contribution >= 4 is 84.8 Å². The molecule has 3 aromatic rings. The number of ether oxygens (including phenoxy) is 1. The zero-order valence-corrected chi connectivity index (χ0v) is 52.1. The van der Waals surface area contributed by atoms with E-state index in [9.17, 15) is 53.1 Å². The number of aromatic nitrogens is 1. The molecule has 1 aromatic heterocycles. The second-order valence-electron chi connectivity index (χ2n) is 23.1. The monoisotopic (exact) mass is 1200 g/mol. The van der Waals surface area contributed by atoms with Crippen molar-refractivity contribution in [2.75, 3.05) is 38.7 Å². The van der Waals surface area contributed by atoms with Gasteiger partial charge in [-0.3, -0.25) is 52.8 Å². The molecule has 2 aliphatic heterocycles. The number of esters is 1. The summed E-state index contributed by atoms with van der Waals surface area (Å²) >= 11 is 1.15. The van der Waals surface area contributed by atoms with Gasteiger partial charge < -0.3 is 45.8 Å². The fourth-order valence-electron chi connectivity index (χ4n) is 10.7. The maximum absolute atomic E-state index is 14.6. The van der Waals surface area contributed by atoms with Gasteiger partial charge in [0.1, 0.15) is 35.1 Å². The predicted octanol–water partition coefficient (Wildman–Crippen LogP) is 6.48. The van der Waals surface area contributed by atoms with Crippen LogP contribution in [0.3, 0.4) is 0 Å². The van der Waals surface area contributed by atoms with E-state index in [1.807, 2.05) is 70.3 Å². The van der Waals surface area contributed by atoms with E-state index >= 15 is 0 Å². The number of likely N-dealkylation sites (tertiary alicyclic amines) is 1. The van der Waals surface area contributed by atoms with Crippen molar-refractivity contribution in [2.45, 2.75) is 168 Å². The van der Waals surface area contributed by atoms with E-state index in [2.05, 4.69) is 31.6 Å². The summed E-state index contributed by atoms with van der Waals surface area (Å²) in [5.74, 6) is -6.46. The highest BCUT2D eigenvalue weighted by molar-refractivity contribution is 7.40. The van der Waals surface area contributed by atoms with Gasteiger partial charge in [-0.2, -0.15) is 0 Å². The molecule has 23 heteroatoms. The smallest absolute Gasteiger partial charge is 0.306 e. The van der Waals surface area contributed by atoms with Crippen LogP contribution >= 0.6 is 19.9 Å². The molecule has 8 amide bonds. The van der Waals surface area contributed by atoms with E-state index in [0.29, 0.717) is 60.0 Å². The van der Waals surface area contributed by atoms with Crippen molar-refractivity contribution in [3.05, 3.63) is 94.0 Å². The number of likely N-dealkylation sites (N-methyl/N-ethyl adjacent to an activating group) is 2. The number of carbonyl (C=O) groups excluding carboxylic acids is 9. The second-order valence-corrected chi connectivity index (χ2v) is 25.6. The SMILES string of the molecule is CCP[C@H](NC(=O)[C@H]1CCCC[N+]1(C)Cc1ccc(NC(=O)[C@H](C)NC(=O)[C@@H](NC(=O)CCCCCN2C(=O)C=CC2=O)C(C)C)cc1)C(=O)N(C)[C@H](C[C@@H](OC(C)=O)c1nc(C(=O)N[C@@H](Cc2ccccc2)C[C@H](C)C(=O)O)cs1)C(C)C. The zero-order valence-electron chi connectivity index (χ0n) is 50.2. The summed E-state index contributed by atoms with van der Waals surface area (Å²) in [6.07, 6.45) is 7.11. The fraction of sp³-hybridized carbons (Fsp3) is 0.557. The molecule has 0 aliphatic carbocycles. The average Bonchev–Trinajstić information content (AvgIpc) is 3.06. The number of unbranched alkanes of at least 4 members (excludes halogenated alkanes) is 2. The van der Waals surface area contributed by atoms with E-state index in [1.54, 1.807) is 57.2 Å². The number of nitrogens with zero attached hydrogens (tertiary/aromatic N) is 4. The van der Waals surface area contributed by atoms with Gasteiger partial charge in [-0.05, 0) is 81.1 Å². The number of nitrogens with one attached hydrogen (secondary N) is 5. The zero-order chi connectivity index (χ0) is 61.8. The minimum Gasteiger partial charge on any atom is -0.481 e. The number of quaternary nitrogens is 1. The van der Waals surface area contributed by atoms with Gasteiger partial charge in [-0.1, -0.05) is 99.0 Å². The summed E-state index contributed by atoms with van der Waals surface area (Å²) in [5, 5.41) is 26.1. The summed E-state index contributed by atoms with van der Waals surface area (Å²) in [6, 6.07) is 13.5. The first kappa shape index (κ1) is 67.9. The molecule has 5 rings (SSSR count). The number of carboxylic acids is 1. The Bertz CT molecular complexity index is 2800. The lowest BCUT2D eigenvalue weighted by molar-refractivity contribution is -0.942. The Morgan fingerprint density at radius 1 is 0.833 bits per heavy atom. The average molecular weight is 1200 g/mol. The summed E-state index contributed by atoms with van der Waals surface area (Å²) in [7, 11) is 3.81. The molecule has 2 aromatic carbocycles. The molecule has 2 aliphatic rings. The van der Waals surface area contributed by atoms with Crippen LogP contribution in [-0.4, -0.2) is 153 Å². The number of anilines is 1. The van der Waals surface area contributed by atoms with E-state index in [0.717, 1.165) is 46.7 Å². The number of rotatable bonds is 32. The molecule has 84 heavy (non-hydrogen) atoms. The Morgan fingerprint density at radius 2 is 1.51 bits per heavy atom. The molecular formula is C61H87N9O12PS+. The fourth-order valence-corrected chi connectivity index (χ4v) is 12.6. The van der Waals surface area contributed by atoms with E-state index in [4.69, 9.17) is 4.74 Å². The van der Waals surface area contributed by atoms with Gasteiger partial charge in [-0.15, -0.1) is 11.3 Å². The third-order valence-corrected chi connectivity index (χ3v) is 17.6. The number of carboxylic acid groups (broad SMARTS) is 1. The molecule has 6 N–H and O–H groups in total. The largest absolute Gasteiger partial charge is 0.481 e. The van der Waals surface area contributed by atoms with Gasteiger partial charge in [0.2, 0.25) is 23.6 Å². The number of hydrogen-bond donors (Lipinski definition) is 6. The Balaban J connectivity index is 1.17. The highest BCUT2D eigenvalue weighted by atomic mass is 32.1. The van der Waals surface area contributed by atoms with Crippen molar-refractivity contribution in [1.29, 1.82) is 0 Å². The number of imide groups is 1. The van der Waals surface area contributed by atoms with Crippen LogP contribution in [0.25, 0.3) is 0 Å². The van der Waals surface area contributed by atoms with E-state index in [1.165, 1.54) is 19.1 Å². The lowest BCUT2D eigenvalue weighted by Gasteiger charge is -2.44. The number of benzene rings is 2. The standard InChI is InChI=1S/C61H86N9O12PS/c1-11-83-58(60(79)68(9)47(37(2)3)34-49(82-41(8)71)59-65-46(36-84-59)55(76)64-45(32-39(6)61(80)81)33-42-20-14-12-15-21-42)67-56(77)48-22-17-19-31-70(48,10)35-43-24-26-44(27-25-43)63-54(75)40(7)62-57(78)53(38(4)5)66-50(72)23-16-13-18-30-69-51(73)28-29-52(69)74/h12,14-15,20-21,24-29,36-40,45,47-49,53,58,83H,11,13,16-19,22-23,30-35H2,1-10H3,(H5-,62,63,64,66,67,72,75,76,77,78,80,81)/p+1/t39-,40-,45+,47+,48+,49+,53-,58-,70?/m0/s1. The predicted molar refractivity (Wildman–Crippen MR) is 322 cm³/mol. The van der Waals surface area contributed by atoms with Crippen molar-refractivity contribution in [3.8, 4) is 0 Å². The van der Waals surface area contributed by atoms with Crippen LogP contribution in [0.4, 0.5) is 5.69 Å². The summed E-state index contributed by atoms with van der Waals surface area (Å²) < 4.78 is 6.24. The molecule has 3 heterocycles.